The number of rotatable bonds is 4. The Morgan fingerprint density at radius 3 is 2.35 bits per heavy atom. The molecule has 0 atom stereocenters. The Hall–Kier alpha value is -2.89. The minimum atomic E-state index is -0.412. The number of carbonyl (C=O) groups is 2. The third kappa shape index (κ3) is 3.69. The van der Waals surface area contributed by atoms with E-state index in [9.17, 15) is 14.0 Å². The van der Waals surface area contributed by atoms with Crippen molar-refractivity contribution in [2.75, 3.05) is 38.2 Å². The zero-order valence-electron chi connectivity index (χ0n) is 14.9. The van der Waals surface area contributed by atoms with Crippen molar-refractivity contribution in [1.29, 1.82) is 0 Å². The number of methoxy groups -OCH3 is 1. The van der Waals surface area contributed by atoms with Gasteiger partial charge < -0.3 is 14.5 Å². The Kier molecular flexibility index (Phi) is 5.21. The van der Waals surface area contributed by atoms with Crippen LogP contribution in [0.2, 0.25) is 0 Å². The van der Waals surface area contributed by atoms with Gasteiger partial charge in [0.1, 0.15) is 11.6 Å². The topological polar surface area (TPSA) is 49.9 Å². The molecule has 2 aromatic carbocycles. The summed E-state index contributed by atoms with van der Waals surface area (Å²) in [5, 5.41) is 0. The standard InChI is InChI=1S/C20H21FN2O3/c1-14(24)15-6-7-19(18(21)13-15)22-8-10-23(11-9-22)20(25)16-4-3-5-17(12-16)26-2/h3-7,12-13H,8-11H2,1-2H3. The molecular formula is C20H21FN2O3. The summed E-state index contributed by atoms with van der Waals surface area (Å²) >= 11 is 0. The molecule has 136 valence electrons. The highest BCUT2D eigenvalue weighted by Crippen LogP contribution is 2.23. The molecular weight excluding hydrogens is 335 g/mol. The van der Waals surface area contributed by atoms with Gasteiger partial charge in [0, 0.05) is 37.3 Å². The van der Waals surface area contributed by atoms with Crippen molar-refractivity contribution in [2.24, 2.45) is 0 Å². The Labute approximate surface area is 152 Å². The molecule has 1 heterocycles. The number of hydrogen-bond donors (Lipinski definition) is 0. The Balaban J connectivity index is 1.67. The molecule has 0 bridgehead atoms. The average Bonchev–Trinajstić information content (AvgIpc) is 2.67. The molecule has 1 fully saturated rings. The van der Waals surface area contributed by atoms with Crippen LogP contribution in [0.5, 0.6) is 5.75 Å². The first-order valence-corrected chi connectivity index (χ1v) is 8.48. The summed E-state index contributed by atoms with van der Waals surface area (Å²) in [5.41, 5.74) is 1.40. The lowest BCUT2D eigenvalue weighted by atomic mass is 10.1. The molecule has 0 radical (unpaired) electrons. The number of anilines is 1. The van der Waals surface area contributed by atoms with E-state index in [1.54, 1.807) is 48.4 Å². The minimum absolute atomic E-state index is 0.0593. The van der Waals surface area contributed by atoms with Gasteiger partial charge in [0.15, 0.2) is 5.78 Å². The quantitative estimate of drug-likeness (QED) is 0.791. The highest BCUT2D eigenvalue weighted by Gasteiger charge is 2.24. The number of hydrogen-bond acceptors (Lipinski definition) is 4. The third-order valence-electron chi connectivity index (χ3n) is 4.58. The van der Waals surface area contributed by atoms with Gasteiger partial charge in [-0.15, -0.1) is 0 Å². The van der Waals surface area contributed by atoms with Crippen LogP contribution in [-0.2, 0) is 0 Å². The number of ether oxygens (including phenoxy) is 1. The molecule has 1 aliphatic rings. The average molecular weight is 356 g/mol. The Morgan fingerprint density at radius 1 is 1.00 bits per heavy atom. The lowest BCUT2D eigenvalue weighted by molar-refractivity contribution is 0.0746. The minimum Gasteiger partial charge on any atom is -0.497 e. The number of piperazine rings is 1. The maximum atomic E-state index is 14.3. The van der Waals surface area contributed by atoms with Crippen LogP contribution in [0.3, 0.4) is 0 Å². The maximum absolute atomic E-state index is 14.3. The second kappa shape index (κ2) is 7.56. The number of carbonyl (C=O) groups excluding carboxylic acids is 2. The number of halogens is 1. The van der Waals surface area contributed by atoms with Gasteiger partial charge >= 0.3 is 0 Å². The van der Waals surface area contributed by atoms with Crippen molar-refractivity contribution in [3.05, 3.63) is 59.4 Å². The zero-order valence-corrected chi connectivity index (χ0v) is 14.9. The van der Waals surface area contributed by atoms with E-state index in [-0.39, 0.29) is 11.7 Å². The monoisotopic (exact) mass is 356 g/mol. The van der Waals surface area contributed by atoms with Crippen LogP contribution in [0, 0.1) is 5.82 Å². The van der Waals surface area contributed by atoms with E-state index in [4.69, 9.17) is 4.74 Å². The zero-order chi connectivity index (χ0) is 18.7. The predicted molar refractivity (Wildman–Crippen MR) is 97.5 cm³/mol. The third-order valence-corrected chi connectivity index (χ3v) is 4.58. The van der Waals surface area contributed by atoms with Gasteiger partial charge in [0.25, 0.3) is 5.91 Å². The van der Waals surface area contributed by atoms with Crippen LogP contribution in [-0.4, -0.2) is 49.9 Å². The number of ketones is 1. The van der Waals surface area contributed by atoms with Gasteiger partial charge in [0.2, 0.25) is 0 Å². The molecule has 3 rings (SSSR count). The van der Waals surface area contributed by atoms with Gasteiger partial charge in [-0.25, -0.2) is 4.39 Å². The van der Waals surface area contributed by atoms with Crippen LogP contribution in [0.1, 0.15) is 27.6 Å². The summed E-state index contributed by atoms with van der Waals surface area (Å²) in [4.78, 5) is 27.6. The van der Waals surface area contributed by atoms with E-state index in [0.29, 0.717) is 48.7 Å². The molecule has 2 aromatic rings. The van der Waals surface area contributed by atoms with Crippen LogP contribution >= 0.6 is 0 Å². The van der Waals surface area contributed by atoms with Crippen molar-refractivity contribution < 1.29 is 18.7 Å². The second-order valence-corrected chi connectivity index (χ2v) is 6.23. The molecule has 0 unspecified atom stereocenters. The van der Waals surface area contributed by atoms with E-state index in [0.717, 1.165) is 0 Å². The molecule has 0 aromatic heterocycles. The fourth-order valence-electron chi connectivity index (χ4n) is 3.07. The van der Waals surface area contributed by atoms with E-state index >= 15 is 0 Å². The predicted octanol–water partition coefficient (Wildman–Crippen LogP) is 3.00. The molecule has 0 N–H and O–H groups in total. The summed E-state index contributed by atoms with van der Waals surface area (Å²) in [7, 11) is 1.56. The van der Waals surface area contributed by atoms with Crippen LogP contribution < -0.4 is 9.64 Å². The first kappa shape index (κ1) is 17.9. The first-order chi connectivity index (χ1) is 12.5. The summed E-state index contributed by atoms with van der Waals surface area (Å²) in [5.74, 6) is 0.00694. The lowest BCUT2D eigenvalue weighted by Crippen LogP contribution is -2.49. The molecule has 5 nitrogen and oxygen atoms in total. The Morgan fingerprint density at radius 2 is 1.73 bits per heavy atom. The highest BCUT2D eigenvalue weighted by molar-refractivity contribution is 5.95. The van der Waals surface area contributed by atoms with Gasteiger partial charge in [-0.05, 0) is 43.3 Å². The molecule has 1 aliphatic heterocycles. The van der Waals surface area contributed by atoms with E-state index in [1.807, 2.05) is 4.90 Å². The normalized spacial score (nSPS) is 14.3. The fourth-order valence-corrected chi connectivity index (χ4v) is 3.07. The van der Waals surface area contributed by atoms with Crippen LogP contribution in [0.25, 0.3) is 0 Å². The smallest absolute Gasteiger partial charge is 0.254 e. The van der Waals surface area contributed by atoms with Crippen molar-refractivity contribution in [3.63, 3.8) is 0 Å². The number of amides is 1. The van der Waals surface area contributed by atoms with Gasteiger partial charge in [0.05, 0.1) is 12.8 Å². The van der Waals surface area contributed by atoms with Gasteiger partial charge in [-0.2, -0.15) is 0 Å². The number of benzene rings is 2. The van der Waals surface area contributed by atoms with Crippen LogP contribution in [0.15, 0.2) is 42.5 Å². The van der Waals surface area contributed by atoms with Crippen molar-refractivity contribution in [3.8, 4) is 5.75 Å². The van der Waals surface area contributed by atoms with Crippen molar-refractivity contribution in [1.82, 2.24) is 4.90 Å². The van der Waals surface area contributed by atoms with Crippen molar-refractivity contribution >= 4 is 17.4 Å². The van der Waals surface area contributed by atoms with Gasteiger partial charge in [-0.3, -0.25) is 9.59 Å². The van der Waals surface area contributed by atoms with E-state index in [1.165, 1.54) is 13.0 Å². The molecule has 0 saturated carbocycles. The molecule has 1 amide bonds. The summed E-state index contributed by atoms with van der Waals surface area (Å²) in [6, 6.07) is 11.6. The fraction of sp³-hybridized carbons (Fsp3) is 0.300. The molecule has 6 heteroatoms. The van der Waals surface area contributed by atoms with Crippen LogP contribution in [0.4, 0.5) is 10.1 Å². The summed E-state index contributed by atoms with van der Waals surface area (Å²) in [6.45, 7) is 3.49. The number of Topliss-reactive ketones (excluding diaryl/α,β-unsaturated/α-hetero) is 1. The SMILES string of the molecule is COc1cccc(C(=O)N2CCN(c3ccc(C(C)=O)cc3F)CC2)c1. The molecule has 1 saturated heterocycles. The first-order valence-electron chi connectivity index (χ1n) is 8.48. The maximum Gasteiger partial charge on any atom is 0.254 e. The van der Waals surface area contributed by atoms with E-state index in [2.05, 4.69) is 0 Å². The van der Waals surface area contributed by atoms with E-state index < -0.39 is 5.82 Å². The Bertz CT molecular complexity index is 830. The largest absolute Gasteiger partial charge is 0.497 e. The van der Waals surface area contributed by atoms with Crippen molar-refractivity contribution in [2.45, 2.75) is 6.92 Å². The summed E-state index contributed by atoms with van der Waals surface area (Å²) < 4.78 is 19.5. The number of nitrogens with zero attached hydrogens (tertiary/aromatic N) is 2. The summed E-state index contributed by atoms with van der Waals surface area (Å²) in [6.07, 6.45) is 0. The molecule has 26 heavy (non-hydrogen) atoms. The van der Waals surface area contributed by atoms with Gasteiger partial charge in [-0.1, -0.05) is 6.07 Å². The molecule has 0 spiro atoms. The second-order valence-electron chi connectivity index (χ2n) is 6.23. The lowest BCUT2D eigenvalue weighted by Gasteiger charge is -2.36. The molecule has 0 aliphatic carbocycles. The highest BCUT2D eigenvalue weighted by atomic mass is 19.1.